The fraction of sp³-hybridized carbons (Fsp3) is 0.550. The monoisotopic (exact) mass is 886 g/mol. The fourth-order valence-corrected chi connectivity index (χ4v) is 12.8. The second kappa shape index (κ2) is 16.1. The number of nitrogen functional groups attached to an aromatic ring is 1. The number of fused-ring (bicyclic) bond motifs is 1. The Morgan fingerprint density at radius 1 is 0.745 bits per heavy atom. The van der Waals surface area contributed by atoms with Crippen LogP contribution >= 0.6 is 38.7 Å². The first kappa shape index (κ1) is 43.7. The van der Waals surface area contributed by atoms with Gasteiger partial charge in [0.2, 0.25) is 0 Å². The molecule has 55 heavy (non-hydrogen) atoms. The van der Waals surface area contributed by atoms with E-state index in [2.05, 4.69) is 36.9 Å². The molecular formula is C20H25N7O23P5-5. The highest BCUT2D eigenvalue weighted by Crippen LogP contribution is 2.68. The summed E-state index contributed by atoms with van der Waals surface area (Å²) in [6, 6.07) is 0.832. The van der Waals surface area contributed by atoms with Crippen molar-refractivity contribution in [3.05, 3.63) is 45.8 Å². The first-order valence-corrected chi connectivity index (χ1v) is 22.4. The van der Waals surface area contributed by atoms with Gasteiger partial charge in [0.25, 0.3) is 29.0 Å². The van der Waals surface area contributed by atoms with Crippen LogP contribution < -0.4 is 41.4 Å². The molecule has 7 N–H and O–H groups in total. The second-order valence-corrected chi connectivity index (χ2v) is 20.0. The van der Waals surface area contributed by atoms with Crippen molar-refractivity contribution in [3.63, 3.8) is 0 Å². The number of phosphoric acid groups is 3. The van der Waals surface area contributed by atoms with Gasteiger partial charge in [0.05, 0.1) is 25.4 Å². The molecular weight excluding hydrogens is 861 g/mol. The van der Waals surface area contributed by atoms with Crippen molar-refractivity contribution < 1.29 is 99.2 Å². The molecule has 5 rings (SSSR count). The summed E-state index contributed by atoms with van der Waals surface area (Å²) < 4.78 is 92.5. The average molecular weight is 886 g/mol. The molecule has 13 atom stereocenters. The first-order chi connectivity index (χ1) is 25.3. The number of aliphatic hydroxyl groups excluding tert-OH is 4. The van der Waals surface area contributed by atoms with Gasteiger partial charge in [0, 0.05) is 12.3 Å². The van der Waals surface area contributed by atoms with Crippen LogP contribution in [-0.4, -0.2) is 105 Å². The summed E-state index contributed by atoms with van der Waals surface area (Å²) in [7, 11) is -31.7. The van der Waals surface area contributed by atoms with Gasteiger partial charge < -0.3 is 78.3 Å². The molecule has 2 aliphatic heterocycles. The number of aliphatic hydroxyl groups is 4. The molecule has 30 nitrogen and oxygen atoms in total. The normalized spacial score (nSPS) is 31.3. The number of ether oxygens (including phenoxy) is 2. The van der Waals surface area contributed by atoms with E-state index in [0.29, 0.717) is 4.57 Å². The number of nitrogens with two attached hydrogens (primary N) is 1. The zero-order valence-electron chi connectivity index (χ0n) is 26.6. The number of anilines is 1. The van der Waals surface area contributed by atoms with Gasteiger partial charge in [-0.15, -0.1) is 0 Å². The minimum absolute atomic E-state index is 0.0239. The number of hydrogen-bond acceptors (Lipinski definition) is 27. The van der Waals surface area contributed by atoms with E-state index in [1.165, 1.54) is 0 Å². The third kappa shape index (κ3) is 10.5. The van der Waals surface area contributed by atoms with Crippen LogP contribution in [0.2, 0.25) is 0 Å². The molecule has 0 saturated carbocycles. The standard InChI is InChI=1S/C20H30N7O23P5/c21-16-11-17(23-5-22-16)27(6-24-11)19-15(32)13(30)9(47-19)3-44-53(38,39)48-51(34,35)7-52(36,37)49-55(42,43)50-54(40,41)45-4-8-12(29)14(31)18(46-8)26-2-1-10(28)25-20(26)33/h1-2,5-6,8-9,12-15,18-19,29-32H,3-4,7H2,(H,34,35)(H,36,37)(H,38,39)(H,40,41)(H,42,43)(H2,21,22,23)(H,25,28,33)/p-5/t8-,9-,12?,13?,14+,15?,18-,19-/m1/s1. The van der Waals surface area contributed by atoms with E-state index in [0.717, 1.165) is 29.5 Å². The molecule has 0 spiro atoms. The van der Waals surface area contributed by atoms with Crippen molar-refractivity contribution in [2.75, 3.05) is 24.9 Å². The van der Waals surface area contributed by atoms with Crippen molar-refractivity contribution in [1.29, 1.82) is 0 Å². The number of nitrogens with zero attached hydrogens (tertiary/aromatic N) is 5. The van der Waals surface area contributed by atoms with E-state index >= 15 is 0 Å². The lowest BCUT2D eigenvalue weighted by Gasteiger charge is -2.38. The number of aromatic nitrogens is 6. The van der Waals surface area contributed by atoms with Gasteiger partial charge in [-0.05, 0) is 0 Å². The molecule has 0 bridgehead atoms. The Bertz CT molecular complexity index is 2270. The molecule has 8 unspecified atom stereocenters. The van der Waals surface area contributed by atoms with Gasteiger partial charge in [0.15, 0.2) is 39.1 Å². The lowest BCUT2D eigenvalue weighted by molar-refractivity contribution is -0.246. The Kier molecular flexibility index (Phi) is 12.7. The molecule has 0 aliphatic carbocycles. The van der Waals surface area contributed by atoms with E-state index in [-0.39, 0.29) is 17.0 Å². The smallest absolute Gasteiger partial charge is 0.330 e. The van der Waals surface area contributed by atoms with Gasteiger partial charge in [-0.25, -0.2) is 24.1 Å². The lowest BCUT2D eigenvalue weighted by Crippen LogP contribution is -2.37. The Morgan fingerprint density at radius 3 is 1.80 bits per heavy atom. The Labute approximate surface area is 303 Å². The molecule has 2 aliphatic rings. The van der Waals surface area contributed by atoms with Gasteiger partial charge in [-0.2, -0.15) is 0 Å². The van der Waals surface area contributed by atoms with E-state index in [1.54, 1.807) is 0 Å². The number of imidazole rings is 1. The van der Waals surface area contributed by atoms with Gasteiger partial charge in [-0.3, -0.25) is 41.2 Å². The van der Waals surface area contributed by atoms with Crippen LogP contribution in [0.3, 0.4) is 0 Å². The van der Waals surface area contributed by atoms with Crippen LogP contribution in [0.25, 0.3) is 11.2 Å². The van der Waals surface area contributed by atoms with Crippen molar-refractivity contribution in [2.45, 2.75) is 49.1 Å². The third-order valence-electron chi connectivity index (χ3n) is 7.25. The van der Waals surface area contributed by atoms with E-state index in [4.69, 9.17) is 15.2 Å². The van der Waals surface area contributed by atoms with Crippen molar-refractivity contribution in [1.82, 2.24) is 29.1 Å². The second-order valence-electron chi connectivity index (χ2n) is 11.2. The molecule has 2 saturated heterocycles. The van der Waals surface area contributed by atoms with Crippen molar-refractivity contribution in [2.24, 2.45) is 0 Å². The molecule has 2 fully saturated rings. The molecule has 0 amide bonds. The zero-order chi connectivity index (χ0) is 40.9. The molecule has 3 aromatic rings. The largest absolute Gasteiger partial charge is 0.778 e. The third-order valence-corrected chi connectivity index (χ3v) is 16.1. The zero-order valence-corrected chi connectivity index (χ0v) is 31.1. The summed E-state index contributed by atoms with van der Waals surface area (Å²) in [5.74, 6) is -2.63. The fourth-order valence-electron chi connectivity index (χ4n) is 4.96. The number of nitrogens with one attached hydrogen (secondary N) is 1. The van der Waals surface area contributed by atoms with Crippen LogP contribution in [0, 0.1) is 0 Å². The summed E-state index contributed by atoms with van der Waals surface area (Å²) >= 11 is 0. The molecule has 5 heterocycles. The number of rotatable bonds is 16. The van der Waals surface area contributed by atoms with Crippen LogP contribution in [0.15, 0.2) is 34.5 Å². The number of hydrogen-bond donors (Lipinski definition) is 6. The van der Waals surface area contributed by atoms with Gasteiger partial charge in [0.1, 0.15) is 48.5 Å². The van der Waals surface area contributed by atoms with Crippen LogP contribution in [-0.2, 0) is 54.3 Å². The molecule has 35 heteroatoms. The van der Waals surface area contributed by atoms with Crippen molar-refractivity contribution >= 4 is 55.6 Å². The minimum atomic E-state index is -6.66. The van der Waals surface area contributed by atoms with E-state index in [9.17, 15) is 77.3 Å². The summed E-state index contributed by atoms with van der Waals surface area (Å²) in [6.07, 6.45) is -11.4. The molecule has 0 radical (unpaired) electrons. The highest BCUT2D eigenvalue weighted by molar-refractivity contribution is 7.76. The predicted molar refractivity (Wildman–Crippen MR) is 161 cm³/mol. The summed E-state index contributed by atoms with van der Waals surface area (Å²) in [5, 5.41) is 41.1. The van der Waals surface area contributed by atoms with Gasteiger partial charge >= 0.3 is 5.69 Å². The van der Waals surface area contributed by atoms with Gasteiger partial charge in [-0.1, -0.05) is 0 Å². The minimum Gasteiger partial charge on any atom is -0.778 e. The van der Waals surface area contributed by atoms with Crippen LogP contribution in [0.4, 0.5) is 5.82 Å². The summed E-state index contributed by atoms with van der Waals surface area (Å²) in [6.45, 7) is -2.60. The maximum absolute atomic E-state index is 12.3. The Balaban J connectivity index is 1.13. The van der Waals surface area contributed by atoms with E-state index in [1.807, 2.05) is 4.98 Å². The highest BCUT2D eigenvalue weighted by atomic mass is 31.3. The lowest BCUT2D eigenvalue weighted by atomic mass is 10.1. The SMILES string of the molecule is Nc1ncnc2c1ncn2[C@@H]1O[C@H](COP(=O)([O-])OP(=O)([O-])CP(=O)([O-])OP(=O)([O-])OP(=O)([O-])OC[C@H]2O[C@@H](n3ccc(=O)[nH]c3=O)[C@@H](O)C2O)C(O)C1O. The highest BCUT2D eigenvalue weighted by Gasteiger charge is 2.46. The predicted octanol–water partition coefficient (Wildman–Crippen LogP) is -6.25. The maximum atomic E-state index is 12.3. The molecule has 0 aromatic carbocycles. The molecule has 308 valence electrons. The molecule has 3 aromatic heterocycles. The topological polar surface area (TPSA) is 471 Å². The maximum Gasteiger partial charge on any atom is 0.330 e. The number of H-pyrrole nitrogens is 1. The van der Waals surface area contributed by atoms with Crippen LogP contribution in [0.5, 0.6) is 0 Å². The Morgan fingerprint density at radius 2 is 1.25 bits per heavy atom. The summed E-state index contributed by atoms with van der Waals surface area (Å²) in [5.41, 5.74) is 3.82. The average Bonchev–Trinajstić information content (AvgIpc) is 3.67. The summed E-state index contributed by atoms with van der Waals surface area (Å²) in [4.78, 5) is 97.5. The first-order valence-electron chi connectivity index (χ1n) is 14.5. The van der Waals surface area contributed by atoms with Crippen LogP contribution in [0.1, 0.15) is 12.5 Å². The Hall–Kier alpha value is -2.46. The van der Waals surface area contributed by atoms with Crippen molar-refractivity contribution in [3.8, 4) is 0 Å². The van der Waals surface area contributed by atoms with E-state index < -0.39 is 118 Å². The number of aromatic amines is 1. The number of phosphoric ester groups is 2. The quantitative estimate of drug-likeness (QED) is 0.0729.